The molecule has 0 heterocycles. The van der Waals surface area contributed by atoms with E-state index in [9.17, 15) is 15.2 Å². The quantitative estimate of drug-likeness (QED) is 0.477. The molecule has 0 atom stereocenters. The minimum atomic E-state index is -0.673. The van der Waals surface area contributed by atoms with E-state index in [1.54, 1.807) is 0 Å². The van der Waals surface area contributed by atoms with Gasteiger partial charge in [0.05, 0.1) is 4.92 Å². The van der Waals surface area contributed by atoms with Gasteiger partial charge in [-0.25, -0.2) is 0 Å². The third-order valence-corrected chi connectivity index (χ3v) is 1.91. The van der Waals surface area contributed by atoms with Gasteiger partial charge in [-0.2, -0.15) is 0 Å². The van der Waals surface area contributed by atoms with Crippen molar-refractivity contribution in [3.8, 4) is 5.75 Å². The molecule has 0 bridgehead atoms. The number of benzene rings is 1. The van der Waals surface area contributed by atoms with E-state index in [0.29, 0.717) is 12.0 Å². The lowest BCUT2D eigenvalue weighted by atomic mass is 10.1. The maximum Gasteiger partial charge on any atom is 0.312 e. The Kier molecular flexibility index (Phi) is 3.09. The van der Waals surface area contributed by atoms with Crippen LogP contribution in [-0.2, 0) is 6.42 Å². The van der Waals surface area contributed by atoms with Gasteiger partial charge in [-0.15, -0.1) is 6.58 Å². The second-order valence-corrected chi connectivity index (χ2v) is 3.12. The van der Waals surface area contributed by atoms with Crippen molar-refractivity contribution in [3.63, 3.8) is 0 Å². The Labute approximate surface area is 85.6 Å². The molecule has 0 unspecified atom stereocenters. The number of phenolic OH excluding ortho intramolecular Hbond substituents is 1. The van der Waals surface area contributed by atoms with Crippen molar-refractivity contribution in [1.82, 2.24) is 0 Å². The number of hydrogen-bond acceptors (Lipinski definition) is 3. The Morgan fingerprint density at radius 3 is 2.79 bits per heavy atom. The van der Waals surface area contributed by atoms with Crippen LogP contribution in [0.4, 0.5) is 5.69 Å². The average molecular weight is 214 g/mol. The molecule has 1 N–H and O–H groups in total. The molecular formula is C9H8ClNO3. The Hall–Kier alpha value is -1.55. The van der Waals surface area contributed by atoms with Gasteiger partial charge in [-0.3, -0.25) is 10.1 Å². The SMILES string of the molecule is C=CCc1cc(Cl)cc([N+](=O)[O-])c1O. The zero-order valence-corrected chi connectivity index (χ0v) is 7.99. The maximum absolute atomic E-state index is 10.5. The number of phenols is 1. The zero-order chi connectivity index (χ0) is 10.7. The molecule has 1 aromatic rings. The molecule has 0 saturated heterocycles. The largest absolute Gasteiger partial charge is 0.502 e. The smallest absolute Gasteiger partial charge is 0.312 e. The molecule has 0 fully saturated rings. The Morgan fingerprint density at radius 2 is 2.29 bits per heavy atom. The topological polar surface area (TPSA) is 63.4 Å². The summed E-state index contributed by atoms with van der Waals surface area (Å²) >= 11 is 5.65. The second-order valence-electron chi connectivity index (χ2n) is 2.68. The molecule has 0 radical (unpaired) electrons. The zero-order valence-electron chi connectivity index (χ0n) is 7.24. The van der Waals surface area contributed by atoms with Crippen LogP contribution in [0.5, 0.6) is 5.75 Å². The predicted molar refractivity (Wildman–Crippen MR) is 53.7 cm³/mol. The summed E-state index contributed by atoms with van der Waals surface area (Å²) in [6, 6.07) is 2.59. The summed E-state index contributed by atoms with van der Waals surface area (Å²) in [5, 5.41) is 20.2. The fourth-order valence-electron chi connectivity index (χ4n) is 1.09. The third kappa shape index (κ3) is 2.03. The van der Waals surface area contributed by atoms with Crippen LogP contribution in [0.3, 0.4) is 0 Å². The van der Waals surface area contributed by atoms with Crippen molar-refractivity contribution >= 4 is 17.3 Å². The van der Waals surface area contributed by atoms with Gasteiger partial charge in [-0.05, 0) is 12.5 Å². The van der Waals surface area contributed by atoms with Crippen LogP contribution in [0.1, 0.15) is 5.56 Å². The van der Waals surface area contributed by atoms with Crippen LogP contribution in [-0.4, -0.2) is 10.0 Å². The van der Waals surface area contributed by atoms with E-state index in [0.717, 1.165) is 6.07 Å². The summed E-state index contributed by atoms with van der Waals surface area (Å²) in [7, 11) is 0. The summed E-state index contributed by atoms with van der Waals surface area (Å²) in [6.45, 7) is 3.48. The van der Waals surface area contributed by atoms with Gasteiger partial charge in [0.1, 0.15) is 0 Å². The van der Waals surface area contributed by atoms with E-state index in [4.69, 9.17) is 11.6 Å². The van der Waals surface area contributed by atoms with Crippen LogP contribution in [0.25, 0.3) is 0 Å². The maximum atomic E-state index is 10.5. The molecule has 1 rings (SSSR count). The first-order valence-corrected chi connectivity index (χ1v) is 4.20. The highest BCUT2D eigenvalue weighted by atomic mass is 35.5. The highest BCUT2D eigenvalue weighted by Crippen LogP contribution is 2.33. The Morgan fingerprint density at radius 1 is 1.64 bits per heavy atom. The molecule has 5 heteroatoms. The van der Waals surface area contributed by atoms with Crippen molar-refractivity contribution in [2.45, 2.75) is 6.42 Å². The molecule has 0 aliphatic rings. The van der Waals surface area contributed by atoms with Crippen LogP contribution >= 0.6 is 11.6 Å². The molecule has 0 saturated carbocycles. The fourth-order valence-corrected chi connectivity index (χ4v) is 1.33. The van der Waals surface area contributed by atoms with Crippen molar-refractivity contribution in [3.05, 3.63) is 45.5 Å². The number of hydrogen-bond donors (Lipinski definition) is 1. The van der Waals surface area contributed by atoms with Gasteiger partial charge in [0.2, 0.25) is 0 Å². The average Bonchev–Trinajstić information content (AvgIpc) is 2.10. The number of allylic oxidation sites excluding steroid dienone is 1. The lowest BCUT2D eigenvalue weighted by Crippen LogP contribution is -1.92. The first kappa shape index (κ1) is 10.5. The number of nitro benzene ring substituents is 1. The van der Waals surface area contributed by atoms with Gasteiger partial charge in [0, 0.05) is 16.7 Å². The summed E-state index contributed by atoms with van der Waals surface area (Å²) in [6.07, 6.45) is 1.88. The molecule has 0 spiro atoms. The number of halogens is 1. The normalized spacial score (nSPS) is 9.79. The molecule has 0 aliphatic heterocycles. The van der Waals surface area contributed by atoms with Gasteiger partial charge >= 0.3 is 5.69 Å². The number of nitro groups is 1. The minimum absolute atomic E-state index is 0.228. The van der Waals surface area contributed by atoms with E-state index in [1.807, 2.05) is 0 Å². The summed E-state index contributed by atoms with van der Waals surface area (Å²) in [5.74, 6) is -0.348. The first-order valence-electron chi connectivity index (χ1n) is 3.83. The molecule has 14 heavy (non-hydrogen) atoms. The predicted octanol–water partition coefficient (Wildman–Crippen LogP) is 2.68. The van der Waals surface area contributed by atoms with Crippen LogP contribution in [0.15, 0.2) is 24.8 Å². The first-order chi connectivity index (χ1) is 6.56. The molecule has 0 aromatic heterocycles. The Balaban J connectivity index is 3.31. The van der Waals surface area contributed by atoms with E-state index in [2.05, 4.69) is 6.58 Å². The van der Waals surface area contributed by atoms with E-state index in [-0.39, 0.29) is 16.5 Å². The van der Waals surface area contributed by atoms with Gasteiger partial charge in [0.25, 0.3) is 0 Å². The van der Waals surface area contributed by atoms with Crippen molar-refractivity contribution < 1.29 is 10.0 Å². The number of aromatic hydroxyl groups is 1. The summed E-state index contributed by atoms with van der Waals surface area (Å²) < 4.78 is 0. The second kappa shape index (κ2) is 4.11. The van der Waals surface area contributed by atoms with Gasteiger partial charge in [0.15, 0.2) is 5.75 Å². The third-order valence-electron chi connectivity index (χ3n) is 1.69. The highest BCUT2D eigenvalue weighted by molar-refractivity contribution is 6.31. The van der Waals surface area contributed by atoms with Crippen LogP contribution in [0, 0.1) is 10.1 Å². The summed E-state index contributed by atoms with van der Waals surface area (Å²) in [5.41, 5.74) is 0.0218. The molecular weight excluding hydrogens is 206 g/mol. The molecule has 0 aliphatic carbocycles. The molecule has 4 nitrogen and oxygen atoms in total. The van der Waals surface area contributed by atoms with Crippen LogP contribution < -0.4 is 0 Å². The van der Waals surface area contributed by atoms with Crippen molar-refractivity contribution in [2.75, 3.05) is 0 Å². The van der Waals surface area contributed by atoms with Crippen molar-refractivity contribution in [1.29, 1.82) is 0 Å². The van der Waals surface area contributed by atoms with E-state index < -0.39 is 4.92 Å². The van der Waals surface area contributed by atoms with Crippen LogP contribution in [0.2, 0.25) is 5.02 Å². The van der Waals surface area contributed by atoms with E-state index >= 15 is 0 Å². The van der Waals surface area contributed by atoms with Gasteiger partial charge < -0.3 is 5.11 Å². The standard InChI is InChI=1S/C9H8ClNO3/c1-2-3-6-4-7(10)5-8(9(6)12)11(13)14/h2,4-5,12H,1,3H2. The van der Waals surface area contributed by atoms with Gasteiger partial charge in [-0.1, -0.05) is 17.7 Å². The Bertz CT molecular complexity index is 390. The molecule has 0 amide bonds. The molecule has 1 aromatic carbocycles. The fraction of sp³-hybridized carbons (Fsp3) is 0.111. The van der Waals surface area contributed by atoms with E-state index in [1.165, 1.54) is 12.1 Å². The lowest BCUT2D eigenvalue weighted by Gasteiger charge is -2.02. The highest BCUT2D eigenvalue weighted by Gasteiger charge is 2.17. The number of rotatable bonds is 3. The lowest BCUT2D eigenvalue weighted by molar-refractivity contribution is -0.385. The van der Waals surface area contributed by atoms with Crippen molar-refractivity contribution in [2.24, 2.45) is 0 Å². The number of nitrogens with zero attached hydrogens (tertiary/aromatic N) is 1. The summed E-state index contributed by atoms with van der Waals surface area (Å²) in [4.78, 5) is 9.82. The minimum Gasteiger partial charge on any atom is -0.502 e. The monoisotopic (exact) mass is 213 g/mol. The molecule has 74 valence electrons.